The van der Waals surface area contributed by atoms with Crippen LogP contribution in [0.5, 0.6) is 11.5 Å². The number of benzene rings is 2. The van der Waals surface area contributed by atoms with Crippen LogP contribution in [-0.4, -0.2) is 19.1 Å². The molecular formula is C18H16Cl2FNO3. The van der Waals surface area contributed by atoms with Crippen molar-refractivity contribution < 1.29 is 18.7 Å². The molecule has 2 aromatic carbocycles. The second-order valence-electron chi connectivity index (χ2n) is 5.61. The van der Waals surface area contributed by atoms with Crippen LogP contribution in [0.2, 0.25) is 10.0 Å². The van der Waals surface area contributed by atoms with Crippen LogP contribution in [0.3, 0.4) is 0 Å². The van der Waals surface area contributed by atoms with E-state index in [1.54, 1.807) is 18.2 Å². The summed E-state index contributed by atoms with van der Waals surface area (Å²) in [5, 5.41) is 3.39. The first kappa shape index (κ1) is 17.8. The summed E-state index contributed by atoms with van der Waals surface area (Å²) in [6.45, 7) is 1.33. The lowest BCUT2D eigenvalue weighted by Gasteiger charge is -2.12. The van der Waals surface area contributed by atoms with Crippen molar-refractivity contribution in [3.8, 4) is 11.5 Å². The van der Waals surface area contributed by atoms with Crippen LogP contribution < -0.4 is 14.8 Å². The normalized spacial score (nSPS) is 13.2. The molecule has 0 spiro atoms. The molecular weight excluding hydrogens is 368 g/mol. The van der Waals surface area contributed by atoms with Crippen LogP contribution in [0.25, 0.3) is 0 Å². The zero-order valence-corrected chi connectivity index (χ0v) is 14.8. The summed E-state index contributed by atoms with van der Waals surface area (Å²) in [6.07, 6.45) is 0.643. The molecule has 0 bridgehead atoms. The molecule has 0 fully saturated rings. The maximum Gasteiger partial charge on any atom is 0.224 e. The fourth-order valence-corrected chi connectivity index (χ4v) is 3.03. The molecule has 0 saturated heterocycles. The van der Waals surface area contributed by atoms with Crippen molar-refractivity contribution >= 4 is 29.1 Å². The molecule has 0 atom stereocenters. The third-order valence-electron chi connectivity index (χ3n) is 3.75. The van der Waals surface area contributed by atoms with Gasteiger partial charge >= 0.3 is 0 Å². The molecule has 0 aromatic heterocycles. The molecule has 0 radical (unpaired) electrons. The van der Waals surface area contributed by atoms with E-state index in [0.717, 1.165) is 12.0 Å². The minimum absolute atomic E-state index is 0.135. The quantitative estimate of drug-likeness (QED) is 0.862. The Hall–Kier alpha value is -1.98. The Labute approximate surface area is 154 Å². The van der Waals surface area contributed by atoms with Gasteiger partial charge in [0.15, 0.2) is 11.5 Å². The fraction of sp³-hybridized carbons (Fsp3) is 0.278. The number of hydrogen-bond donors (Lipinski definition) is 1. The molecule has 1 aliphatic heterocycles. The van der Waals surface area contributed by atoms with E-state index in [2.05, 4.69) is 5.32 Å². The Bertz CT molecular complexity index is 778. The number of halogens is 3. The van der Waals surface area contributed by atoms with Crippen LogP contribution in [0.4, 0.5) is 4.39 Å². The predicted octanol–water partition coefficient (Wildman–Crippen LogP) is 4.15. The monoisotopic (exact) mass is 383 g/mol. The highest BCUT2D eigenvalue weighted by molar-refractivity contribution is 6.32. The molecule has 2 aromatic rings. The summed E-state index contributed by atoms with van der Waals surface area (Å²) in [7, 11) is 0. The van der Waals surface area contributed by atoms with Crippen LogP contribution >= 0.6 is 23.2 Å². The van der Waals surface area contributed by atoms with Crippen LogP contribution in [0, 0.1) is 5.82 Å². The lowest BCUT2D eigenvalue weighted by atomic mass is 10.1. The number of ether oxygens (including phenoxy) is 2. The third-order valence-corrected chi connectivity index (χ3v) is 4.39. The Kier molecular flexibility index (Phi) is 5.66. The van der Waals surface area contributed by atoms with Gasteiger partial charge in [-0.1, -0.05) is 29.3 Å². The second-order valence-corrected chi connectivity index (χ2v) is 6.42. The largest absolute Gasteiger partial charge is 0.489 e. The maximum atomic E-state index is 13.7. The number of hydrogen-bond acceptors (Lipinski definition) is 3. The average molecular weight is 384 g/mol. The number of rotatable bonds is 4. The van der Waals surface area contributed by atoms with E-state index < -0.39 is 5.82 Å². The first-order valence-electron chi connectivity index (χ1n) is 7.82. The molecule has 1 heterocycles. The van der Waals surface area contributed by atoms with Crippen molar-refractivity contribution in [1.29, 1.82) is 0 Å². The van der Waals surface area contributed by atoms with Gasteiger partial charge in [-0.3, -0.25) is 4.79 Å². The van der Waals surface area contributed by atoms with Gasteiger partial charge in [0.1, 0.15) is 5.82 Å². The van der Waals surface area contributed by atoms with Crippen LogP contribution in [-0.2, 0) is 17.8 Å². The highest BCUT2D eigenvalue weighted by atomic mass is 35.5. The van der Waals surface area contributed by atoms with Crippen molar-refractivity contribution in [2.24, 2.45) is 0 Å². The zero-order valence-electron chi connectivity index (χ0n) is 13.3. The van der Waals surface area contributed by atoms with Gasteiger partial charge < -0.3 is 14.8 Å². The summed E-state index contributed by atoms with van der Waals surface area (Å²) < 4.78 is 24.9. The van der Waals surface area contributed by atoms with Gasteiger partial charge in [0.2, 0.25) is 5.91 Å². The Balaban J connectivity index is 1.66. The van der Waals surface area contributed by atoms with E-state index in [0.29, 0.717) is 29.7 Å². The van der Waals surface area contributed by atoms with E-state index in [1.807, 2.05) is 0 Å². The van der Waals surface area contributed by atoms with Gasteiger partial charge in [0.25, 0.3) is 0 Å². The molecule has 0 aliphatic carbocycles. The molecule has 25 heavy (non-hydrogen) atoms. The smallest absolute Gasteiger partial charge is 0.224 e. The van der Waals surface area contributed by atoms with Crippen molar-refractivity contribution in [2.45, 2.75) is 19.4 Å². The van der Waals surface area contributed by atoms with E-state index in [-0.39, 0.29) is 29.5 Å². The molecule has 1 N–H and O–H groups in total. The molecule has 132 valence electrons. The van der Waals surface area contributed by atoms with Crippen LogP contribution in [0.15, 0.2) is 30.3 Å². The number of fused-ring (bicyclic) bond motifs is 1. The topological polar surface area (TPSA) is 47.6 Å². The number of amides is 1. The molecule has 1 amide bonds. The van der Waals surface area contributed by atoms with Gasteiger partial charge in [-0.2, -0.15) is 0 Å². The van der Waals surface area contributed by atoms with Gasteiger partial charge in [0.05, 0.1) is 24.7 Å². The first-order chi connectivity index (χ1) is 12.0. The summed E-state index contributed by atoms with van der Waals surface area (Å²) >= 11 is 12.2. The Morgan fingerprint density at radius 3 is 2.76 bits per heavy atom. The first-order valence-corrected chi connectivity index (χ1v) is 8.58. The summed E-state index contributed by atoms with van der Waals surface area (Å²) in [5.74, 6) is 0.246. The van der Waals surface area contributed by atoms with Crippen molar-refractivity contribution in [2.75, 3.05) is 13.2 Å². The Morgan fingerprint density at radius 2 is 1.96 bits per heavy atom. The second kappa shape index (κ2) is 7.93. The molecule has 0 unspecified atom stereocenters. The van der Waals surface area contributed by atoms with Crippen molar-refractivity contribution in [3.05, 3.63) is 57.3 Å². The van der Waals surface area contributed by atoms with E-state index in [9.17, 15) is 9.18 Å². The number of carbonyl (C=O) groups is 1. The fourth-order valence-electron chi connectivity index (χ4n) is 2.51. The number of nitrogens with one attached hydrogen (secondary N) is 1. The van der Waals surface area contributed by atoms with Crippen molar-refractivity contribution in [3.63, 3.8) is 0 Å². The molecule has 7 heteroatoms. The van der Waals surface area contributed by atoms with Gasteiger partial charge in [-0.25, -0.2) is 4.39 Å². The van der Waals surface area contributed by atoms with Gasteiger partial charge in [-0.05, 0) is 29.8 Å². The minimum Gasteiger partial charge on any atom is -0.489 e. The molecule has 1 aliphatic rings. The molecule has 4 nitrogen and oxygen atoms in total. The van der Waals surface area contributed by atoms with Gasteiger partial charge in [0, 0.05) is 23.6 Å². The Morgan fingerprint density at radius 1 is 1.16 bits per heavy atom. The molecule has 0 saturated carbocycles. The van der Waals surface area contributed by atoms with Gasteiger partial charge in [-0.15, -0.1) is 0 Å². The van der Waals surface area contributed by atoms with E-state index in [1.165, 1.54) is 12.1 Å². The predicted molar refractivity (Wildman–Crippen MR) is 94.0 cm³/mol. The SMILES string of the molecule is O=C(Cc1c(F)cccc1Cl)NCc1cc(Cl)c2c(c1)OCCCO2. The minimum atomic E-state index is -0.499. The van der Waals surface area contributed by atoms with Crippen LogP contribution in [0.1, 0.15) is 17.5 Å². The standard InChI is InChI=1S/C18H16Cl2FNO3/c19-13-3-1-4-15(21)12(13)9-17(23)22-10-11-7-14(20)18-16(8-11)24-5-2-6-25-18/h1,3-4,7-8H,2,5-6,9-10H2,(H,22,23). The molecule has 3 rings (SSSR count). The average Bonchev–Trinajstić information content (AvgIpc) is 2.82. The zero-order chi connectivity index (χ0) is 17.8. The van der Waals surface area contributed by atoms with Crippen molar-refractivity contribution in [1.82, 2.24) is 5.32 Å². The third kappa shape index (κ3) is 4.35. The highest BCUT2D eigenvalue weighted by Gasteiger charge is 2.16. The summed E-state index contributed by atoms with van der Waals surface area (Å²) in [4.78, 5) is 12.1. The number of carbonyl (C=O) groups excluding carboxylic acids is 1. The lowest BCUT2D eigenvalue weighted by molar-refractivity contribution is -0.120. The highest BCUT2D eigenvalue weighted by Crippen LogP contribution is 2.37. The lowest BCUT2D eigenvalue weighted by Crippen LogP contribution is -2.25. The van der Waals surface area contributed by atoms with E-state index in [4.69, 9.17) is 32.7 Å². The maximum absolute atomic E-state index is 13.7. The summed E-state index contributed by atoms with van der Waals surface area (Å²) in [6, 6.07) is 7.82. The summed E-state index contributed by atoms with van der Waals surface area (Å²) in [5.41, 5.74) is 0.945. The van der Waals surface area contributed by atoms with E-state index >= 15 is 0 Å².